The summed E-state index contributed by atoms with van der Waals surface area (Å²) in [5.41, 5.74) is 0.780. The average molecular weight is 292 g/mol. The molecule has 0 aliphatic heterocycles. The van der Waals surface area contributed by atoms with E-state index in [0.717, 1.165) is 5.56 Å². The third kappa shape index (κ3) is 8.41. The van der Waals surface area contributed by atoms with Crippen LogP contribution in [0.5, 0.6) is 0 Å². The van der Waals surface area contributed by atoms with Crippen LogP contribution < -0.4 is 34.9 Å². The summed E-state index contributed by atoms with van der Waals surface area (Å²) in [6.07, 6.45) is -0.536. The zero-order valence-electron chi connectivity index (χ0n) is 11.4. The molecule has 0 spiro atoms. The number of benzene rings is 1. The van der Waals surface area contributed by atoms with Gasteiger partial charge in [-0.05, 0) is 6.07 Å². The van der Waals surface area contributed by atoms with E-state index in [1.54, 1.807) is 6.07 Å². The molecule has 0 saturated heterocycles. The minimum Gasteiger partial charge on any atom is -1.00 e. The maximum Gasteiger partial charge on any atom is 1.00 e. The number of nitrogens with one attached hydrogen (secondary N) is 1. The van der Waals surface area contributed by atoms with Crippen LogP contribution >= 0.6 is 24.0 Å². The Bertz CT molecular complexity index is 306. The third-order valence-corrected chi connectivity index (χ3v) is 2.33. The predicted molar refractivity (Wildman–Crippen MR) is 71.5 cm³/mol. The monoisotopic (exact) mass is 291 g/mol. The van der Waals surface area contributed by atoms with Crippen LogP contribution in [0.15, 0.2) is 24.3 Å². The number of hydrogen-bond donors (Lipinski definition) is 2. The van der Waals surface area contributed by atoms with Gasteiger partial charge in [0.2, 0.25) is 0 Å². The van der Waals surface area contributed by atoms with Gasteiger partial charge in [-0.25, -0.2) is 0 Å². The summed E-state index contributed by atoms with van der Waals surface area (Å²) >= 11 is 5.95. The Balaban J connectivity index is -0.000000245. The molecule has 3 nitrogen and oxygen atoms in total. The molecule has 1 rings (SSSR count). The number of aliphatic hydroxyl groups excluding tert-OH is 1. The molecule has 0 radical (unpaired) electrons. The molecule has 1 aromatic carbocycles. The number of aliphatic hydroxyl groups is 1. The standard InChI is InChI=1S/C11H16ClNO.ClH.Na.H2O.H/c1-8(2)13-7-11(14)9-5-3-4-6-10(9)12;;;;/h3-6,8,11,13-14H,7H2,1-2H3;1H;;1H2;/q;;+1;;-1. The van der Waals surface area contributed by atoms with Crippen LogP contribution in [0.25, 0.3) is 0 Å². The van der Waals surface area contributed by atoms with Crippen LogP contribution in [0.1, 0.15) is 26.9 Å². The SMILES string of the molecule is CC(C)NCC(O)c1ccccc1Cl.Cl.O.[H-].[Na+]. The van der Waals surface area contributed by atoms with E-state index >= 15 is 0 Å². The number of rotatable bonds is 4. The van der Waals surface area contributed by atoms with Crippen molar-refractivity contribution in [1.29, 1.82) is 0 Å². The normalized spacial score (nSPS) is 10.9. The molecule has 0 aromatic heterocycles. The van der Waals surface area contributed by atoms with Gasteiger partial charge in [0, 0.05) is 23.2 Å². The molecule has 0 aliphatic rings. The van der Waals surface area contributed by atoms with Crippen molar-refractivity contribution in [2.24, 2.45) is 0 Å². The van der Waals surface area contributed by atoms with Gasteiger partial charge < -0.3 is 17.3 Å². The van der Waals surface area contributed by atoms with E-state index in [2.05, 4.69) is 5.32 Å². The topological polar surface area (TPSA) is 63.8 Å². The molecule has 4 N–H and O–H groups in total. The molecule has 0 saturated carbocycles. The van der Waals surface area contributed by atoms with Gasteiger partial charge >= 0.3 is 29.6 Å². The van der Waals surface area contributed by atoms with Crippen LogP contribution in [0.2, 0.25) is 5.02 Å². The molecule has 0 amide bonds. The van der Waals surface area contributed by atoms with E-state index in [0.29, 0.717) is 17.6 Å². The number of halogens is 2. The van der Waals surface area contributed by atoms with Gasteiger partial charge in [-0.1, -0.05) is 43.6 Å². The first-order valence-corrected chi connectivity index (χ1v) is 5.15. The zero-order valence-corrected chi connectivity index (χ0v) is 14.0. The van der Waals surface area contributed by atoms with Crippen LogP contribution in [0, 0.1) is 0 Å². The quantitative estimate of drug-likeness (QED) is 0.705. The Morgan fingerprint density at radius 2 is 1.88 bits per heavy atom. The van der Waals surface area contributed by atoms with Gasteiger partial charge in [0.15, 0.2) is 0 Å². The molecule has 6 heteroatoms. The van der Waals surface area contributed by atoms with Gasteiger partial charge in [0.1, 0.15) is 0 Å². The van der Waals surface area contributed by atoms with Crippen molar-refractivity contribution in [3.8, 4) is 0 Å². The molecule has 0 bridgehead atoms. The Hall–Kier alpha value is 0.680. The van der Waals surface area contributed by atoms with E-state index < -0.39 is 6.10 Å². The summed E-state index contributed by atoms with van der Waals surface area (Å²) < 4.78 is 0. The van der Waals surface area contributed by atoms with E-state index in [1.165, 1.54) is 0 Å². The summed E-state index contributed by atoms with van der Waals surface area (Å²) in [7, 11) is 0. The summed E-state index contributed by atoms with van der Waals surface area (Å²) in [4.78, 5) is 0. The van der Waals surface area contributed by atoms with Gasteiger partial charge in [0.05, 0.1) is 6.10 Å². The molecule has 1 aromatic rings. The largest absolute Gasteiger partial charge is 1.00 e. The van der Waals surface area contributed by atoms with Gasteiger partial charge in [-0.3, -0.25) is 0 Å². The Kier molecular flexibility index (Phi) is 15.8. The summed E-state index contributed by atoms with van der Waals surface area (Å²) in [5.74, 6) is 0. The minimum absolute atomic E-state index is 0. The van der Waals surface area contributed by atoms with Crippen molar-refractivity contribution >= 4 is 24.0 Å². The average Bonchev–Trinajstić information content (AvgIpc) is 2.15. The molecule has 0 heterocycles. The second kappa shape index (κ2) is 11.8. The molecule has 17 heavy (non-hydrogen) atoms. The molecule has 1 unspecified atom stereocenters. The first-order valence-electron chi connectivity index (χ1n) is 4.77. The molecular formula is C11H20Cl2NNaO2. The van der Waals surface area contributed by atoms with Crippen LogP contribution in [-0.2, 0) is 0 Å². The summed E-state index contributed by atoms with van der Waals surface area (Å²) in [6.45, 7) is 4.61. The minimum atomic E-state index is -0.536. The fraction of sp³-hybridized carbons (Fsp3) is 0.455. The van der Waals surface area contributed by atoms with Crippen molar-refractivity contribution in [2.45, 2.75) is 26.0 Å². The molecule has 0 fully saturated rings. The first-order chi connectivity index (χ1) is 6.61. The Morgan fingerprint density at radius 3 is 2.35 bits per heavy atom. The van der Waals surface area contributed by atoms with E-state index in [1.807, 2.05) is 32.0 Å². The fourth-order valence-corrected chi connectivity index (χ4v) is 1.46. The van der Waals surface area contributed by atoms with Crippen molar-refractivity contribution in [1.82, 2.24) is 5.32 Å². The zero-order chi connectivity index (χ0) is 10.6. The smallest absolute Gasteiger partial charge is 1.00 e. The van der Waals surface area contributed by atoms with Crippen molar-refractivity contribution in [3.05, 3.63) is 34.9 Å². The molecular weight excluding hydrogens is 272 g/mol. The summed E-state index contributed by atoms with van der Waals surface area (Å²) in [5, 5.41) is 13.6. The maximum atomic E-state index is 9.80. The van der Waals surface area contributed by atoms with Crippen molar-refractivity contribution in [3.63, 3.8) is 0 Å². The van der Waals surface area contributed by atoms with Gasteiger partial charge in [-0.15, -0.1) is 12.4 Å². The molecule has 0 aliphatic carbocycles. The van der Waals surface area contributed by atoms with Gasteiger partial charge in [-0.2, -0.15) is 0 Å². The predicted octanol–water partition coefficient (Wildman–Crippen LogP) is -0.915. The Morgan fingerprint density at radius 1 is 1.35 bits per heavy atom. The van der Waals surface area contributed by atoms with E-state index in [4.69, 9.17) is 11.6 Å². The fourth-order valence-electron chi connectivity index (χ4n) is 1.20. The van der Waals surface area contributed by atoms with Crippen LogP contribution in [-0.4, -0.2) is 23.2 Å². The molecule has 96 valence electrons. The summed E-state index contributed by atoms with van der Waals surface area (Å²) in [6, 6.07) is 7.73. The van der Waals surface area contributed by atoms with Crippen molar-refractivity contribution in [2.75, 3.05) is 6.54 Å². The third-order valence-electron chi connectivity index (χ3n) is 1.98. The van der Waals surface area contributed by atoms with Crippen molar-refractivity contribution < 1.29 is 41.6 Å². The van der Waals surface area contributed by atoms with E-state index in [9.17, 15) is 5.11 Å². The van der Waals surface area contributed by atoms with Gasteiger partial charge in [0.25, 0.3) is 0 Å². The number of hydrogen-bond acceptors (Lipinski definition) is 2. The van der Waals surface area contributed by atoms with E-state index in [-0.39, 0.29) is 48.9 Å². The van der Waals surface area contributed by atoms with Crippen LogP contribution in [0.3, 0.4) is 0 Å². The first kappa shape index (κ1) is 22.8. The maximum absolute atomic E-state index is 9.80. The molecule has 1 atom stereocenters. The second-order valence-corrected chi connectivity index (χ2v) is 4.01. The Labute approximate surface area is 137 Å². The van der Waals surface area contributed by atoms with Crippen LogP contribution in [0.4, 0.5) is 0 Å². The second-order valence-electron chi connectivity index (χ2n) is 3.60.